The Hall–Kier alpha value is -2.83. The van der Waals surface area contributed by atoms with Crippen LogP contribution in [0.1, 0.15) is 84.5 Å². The molecule has 39 heavy (non-hydrogen) atoms. The van der Waals surface area contributed by atoms with Crippen LogP contribution in [0.25, 0.3) is 0 Å². The summed E-state index contributed by atoms with van der Waals surface area (Å²) in [5, 5.41) is 21.8. The van der Waals surface area contributed by atoms with E-state index in [2.05, 4.69) is 12.7 Å². The van der Waals surface area contributed by atoms with E-state index in [1.165, 1.54) is 0 Å². The lowest BCUT2D eigenvalue weighted by Gasteiger charge is -2.58. The highest BCUT2D eigenvalue weighted by atomic mass is 16.5. The zero-order valence-electron chi connectivity index (χ0n) is 24.3. The predicted molar refractivity (Wildman–Crippen MR) is 150 cm³/mol. The van der Waals surface area contributed by atoms with Crippen molar-refractivity contribution in [3.63, 3.8) is 0 Å². The predicted octanol–water partition coefficient (Wildman–Crippen LogP) is 5.54. The van der Waals surface area contributed by atoms with Crippen molar-refractivity contribution in [3.8, 4) is 0 Å². The van der Waals surface area contributed by atoms with Crippen LogP contribution in [0.15, 0.2) is 65.5 Å². The van der Waals surface area contributed by atoms with Crippen molar-refractivity contribution in [1.82, 2.24) is 0 Å². The molecule has 1 spiro atoms. The summed E-state index contributed by atoms with van der Waals surface area (Å²) in [5.41, 5.74) is -3.56. The van der Waals surface area contributed by atoms with Gasteiger partial charge < -0.3 is 14.9 Å². The summed E-state index contributed by atoms with van der Waals surface area (Å²) in [5.74, 6) is -1.54. The third-order valence-corrected chi connectivity index (χ3v) is 9.42. The molecular weight excluding hydrogens is 492 g/mol. The lowest BCUT2D eigenvalue weighted by molar-refractivity contribution is -0.163. The molecule has 210 valence electrons. The Bertz CT molecular complexity index is 1270. The van der Waals surface area contributed by atoms with Crippen LogP contribution in [0.4, 0.5) is 0 Å². The second kappa shape index (κ2) is 9.67. The van der Waals surface area contributed by atoms with E-state index in [0.29, 0.717) is 24.0 Å². The summed E-state index contributed by atoms with van der Waals surface area (Å²) in [6.45, 7) is 16.5. The summed E-state index contributed by atoms with van der Waals surface area (Å²) in [6.07, 6.45) is 1.30. The number of carbonyl (C=O) groups is 3. The number of aliphatic hydroxyl groups excluding tert-OH is 1. The minimum absolute atomic E-state index is 0.115. The molecule has 1 saturated carbocycles. The molecule has 3 aliphatic rings. The average molecular weight is 535 g/mol. The van der Waals surface area contributed by atoms with Crippen LogP contribution in [0.5, 0.6) is 0 Å². The van der Waals surface area contributed by atoms with Gasteiger partial charge in [-0.2, -0.15) is 0 Å². The van der Waals surface area contributed by atoms with Gasteiger partial charge in [-0.05, 0) is 58.8 Å². The number of allylic oxidation sites excluding steroid dienone is 3. The largest absolute Gasteiger partial charge is 0.490 e. The van der Waals surface area contributed by atoms with Crippen molar-refractivity contribution >= 4 is 17.3 Å². The first-order valence-electron chi connectivity index (χ1n) is 13.8. The molecule has 2 fully saturated rings. The number of hydrogen-bond donors (Lipinski definition) is 2. The SMILES string of the molecule is C=C(C)C(O)CC1=C2O[C@@H](C(C)(C)O)C[C@]23C[C@@H](CC=C(C)C)C(C)(C)[C@@](C(=O)c2ccccc2)(C1=O)C3=O. The van der Waals surface area contributed by atoms with E-state index in [9.17, 15) is 24.6 Å². The van der Waals surface area contributed by atoms with Crippen molar-refractivity contribution in [2.45, 2.75) is 92.0 Å². The summed E-state index contributed by atoms with van der Waals surface area (Å²) >= 11 is 0. The van der Waals surface area contributed by atoms with Gasteiger partial charge in [0.1, 0.15) is 11.9 Å². The summed E-state index contributed by atoms with van der Waals surface area (Å²) in [7, 11) is 0. The Morgan fingerprint density at radius 3 is 2.31 bits per heavy atom. The maximum absolute atomic E-state index is 15.0. The minimum atomic E-state index is -2.00. The second-order valence-corrected chi connectivity index (χ2v) is 13.2. The highest BCUT2D eigenvalue weighted by Gasteiger charge is 2.77. The number of benzene rings is 1. The van der Waals surface area contributed by atoms with E-state index < -0.39 is 51.4 Å². The fraction of sp³-hybridized carbons (Fsp3) is 0.545. The van der Waals surface area contributed by atoms with E-state index in [-0.39, 0.29) is 30.1 Å². The third kappa shape index (κ3) is 4.27. The zero-order valence-corrected chi connectivity index (χ0v) is 24.3. The third-order valence-electron chi connectivity index (χ3n) is 9.42. The first-order chi connectivity index (χ1) is 18.0. The molecule has 0 amide bonds. The molecule has 1 aliphatic heterocycles. The van der Waals surface area contributed by atoms with Gasteiger partial charge in [0.15, 0.2) is 22.8 Å². The molecule has 4 rings (SSSR count). The van der Waals surface area contributed by atoms with Crippen LogP contribution < -0.4 is 0 Å². The molecule has 0 aromatic heterocycles. The lowest BCUT2D eigenvalue weighted by Crippen LogP contribution is -2.69. The average Bonchev–Trinajstić information content (AvgIpc) is 3.24. The molecular formula is C33H42O6. The molecule has 2 N–H and O–H groups in total. The van der Waals surface area contributed by atoms with Crippen LogP contribution in [0.2, 0.25) is 0 Å². The Labute approximate surface area is 231 Å². The van der Waals surface area contributed by atoms with Gasteiger partial charge in [-0.15, -0.1) is 0 Å². The molecule has 2 aliphatic carbocycles. The quantitative estimate of drug-likeness (QED) is 0.258. The van der Waals surface area contributed by atoms with Gasteiger partial charge in [0, 0.05) is 24.0 Å². The number of fused-ring (bicyclic) bond motifs is 1. The van der Waals surface area contributed by atoms with Crippen LogP contribution in [0.3, 0.4) is 0 Å². The fourth-order valence-corrected chi connectivity index (χ4v) is 6.90. The maximum Gasteiger partial charge on any atom is 0.184 e. The molecule has 5 atom stereocenters. The van der Waals surface area contributed by atoms with Crippen molar-refractivity contribution in [1.29, 1.82) is 0 Å². The van der Waals surface area contributed by atoms with Crippen molar-refractivity contribution < 1.29 is 29.3 Å². The number of aliphatic hydroxyl groups is 2. The van der Waals surface area contributed by atoms with Crippen molar-refractivity contribution in [3.05, 3.63) is 71.0 Å². The Balaban J connectivity index is 2.07. The van der Waals surface area contributed by atoms with Crippen LogP contribution >= 0.6 is 0 Å². The highest BCUT2D eigenvalue weighted by molar-refractivity contribution is 6.36. The Kier molecular flexibility index (Phi) is 7.23. The van der Waals surface area contributed by atoms with Crippen molar-refractivity contribution in [2.75, 3.05) is 0 Å². The fourth-order valence-electron chi connectivity index (χ4n) is 6.90. The van der Waals surface area contributed by atoms with Crippen molar-refractivity contribution in [2.24, 2.45) is 22.2 Å². The van der Waals surface area contributed by atoms with Gasteiger partial charge in [0.2, 0.25) is 0 Å². The first kappa shape index (κ1) is 29.2. The molecule has 1 saturated heterocycles. The summed E-state index contributed by atoms with van der Waals surface area (Å²) < 4.78 is 6.33. The summed E-state index contributed by atoms with van der Waals surface area (Å²) in [6, 6.07) is 8.53. The highest BCUT2D eigenvalue weighted by Crippen LogP contribution is 2.69. The van der Waals surface area contributed by atoms with Crippen LogP contribution in [-0.2, 0) is 14.3 Å². The van der Waals surface area contributed by atoms with E-state index in [4.69, 9.17) is 4.74 Å². The van der Waals surface area contributed by atoms with Gasteiger partial charge in [0.25, 0.3) is 0 Å². The van der Waals surface area contributed by atoms with E-state index in [1.54, 1.807) is 51.1 Å². The van der Waals surface area contributed by atoms with Crippen LogP contribution in [0, 0.1) is 22.2 Å². The molecule has 1 unspecified atom stereocenters. The topological polar surface area (TPSA) is 101 Å². The number of rotatable bonds is 8. The maximum atomic E-state index is 15.0. The Morgan fingerprint density at radius 2 is 1.77 bits per heavy atom. The molecule has 1 aromatic rings. The van der Waals surface area contributed by atoms with Crippen LogP contribution in [-0.4, -0.2) is 45.4 Å². The second-order valence-electron chi connectivity index (χ2n) is 13.2. The molecule has 6 nitrogen and oxygen atoms in total. The number of ketones is 3. The monoisotopic (exact) mass is 534 g/mol. The molecule has 6 heteroatoms. The zero-order chi connectivity index (χ0) is 29.1. The number of ether oxygens (including phenoxy) is 1. The van der Waals surface area contributed by atoms with E-state index in [1.807, 2.05) is 27.7 Å². The molecule has 1 aromatic carbocycles. The minimum Gasteiger partial charge on any atom is -0.490 e. The van der Waals surface area contributed by atoms with Gasteiger partial charge in [-0.1, -0.05) is 68.0 Å². The molecule has 0 radical (unpaired) electrons. The van der Waals surface area contributed by atoms with Gasteiger partial charge >= 0.3 is 0 Å². The number of hydrogen-bond acceptors (Lipinski definition) is 6. The van der Waals surface area contributed by atoms with E-state index in [0.717, 1.165) is 5.57 Å². The standard InChI is InChI=1S/C33H42O6/c1-19(2)14-15-22-17-32-18-25(31(7,8)38)39-28(32)23(16-24(34)20(3)4)27(36)33(29(32)37,30(22,5)6)26(35)21-12-10-9-11-13-21/h9-14,22,24-25,34,38H,3,15-18H2,1-2,4-8H3/t22-,24?,25-,32-,33+/m1/s1. The van der Waals surface area contributed by atoms with Gasteiger partial charge in [0.05, 0.1) is 17.1 Å². The number of carbonyl (C=O) groups excluding carboxylic acids is 3. The van der Waals surface area contributed by atoms with Gasteiger partial charge in [-0.25, -0.2) is 0 Å². The number of Topliss-reactive ketones (excluding diaryl/α,β-unsaturated/α-hetero) is 3. The molecule has 1 heterocycles. The smallest absolute Gasteiger partial charge is 0.184 e. The Morgan fingerprint density at radius 1 is 1.15 bits per heavy atom. The summed E-state index contributed by atoms with van der Waals surface area (Å²) in [4.78, 5) is 44.4. The van der Waals surface area contributed by atoms with Gasteiger partial charge in [-0.3, -0.25) is 14.4 Å². The lowest BCUT2D eigenvalue weighted by atomic mass is 9.39. The first-order valence-corrected chi connectivity index (χ1v) is 13.8. The normalized spacial score (nSPS) is 30.4. The molecule has 2 bridgehead atoms. The van der Waals surface area contributed by atoms with E-state index >= 15 is 0 Å².